The number of hydrogen-bond acceptors (Lipinski definition) is 5. The number of hydrogen-bond donors (Lipinski definition) is 1. The van der Waals surface area contributed by atoms with Gasteiger partial charge in [0.05, 0.1) is 17.7 Å². The predicted molar refractivity (Wildman–Crippen MR) is 158 cm³/mol. The van der Waals surface area contributed by atoms with Crippen molar-refractivity contribution in [1.29, 1.82) is 0 Å². The molecule has 0 aliphatic heterocycles. The molecule has 0 spiro atoms. The molecule has 1 N–H and O–H groups in total. The summed E-state index contributed by atoms with van der Waals surface area (Å²) in [6, 6.07) is 19.1. The smallest absolute Gasteiger partial charge is 0.264 e. The molecule has 0 aliphatic carbocycles. The summed E-state index contributed by atoms with van der Waals surface area (Å²) in [6.07, 6.45) is 1.71. The number of carbonyl (C=O) groups excluding carboxylic acids is 2. The van der Waals surface area contributed by atoms with Gasteiger partial charge in [-0.3, -0.25) is 13.9 Å². The Hall–Kier alpha value is -3.56. The van der Waals surface area contributed by atoms with Gasteiger partial charge in [-0.15, -0.1) is 0 Å². The van der Waals surface area contributed by atoms with Gasteiger partial charge in [-0.25, -0.2) is 8.42 Å². The summed E-state index contributed by atoms with van der Waals surface area (Å²) in [7, 11) is -2.75. The highest BCUT2D eigenvalue weighted by molar-refractivity contribution is 7.92. The summed E-state index contributed by atoms with van der Waals surface area (Å²) < 4.78 is 34.4. The number of unbranched alkanes of at least 4 members (excludes halogenated alkanes) is 1. The van der Waals surface area contributed by atoms with Gasteiger partial charge in [0, 0.05) is 18.1 Å². The number of ether oxygens (including phenoxy) is 1. The highest BCUT2D eigenvalue weighted by Crippen LogP contribution is 2.32. The topological polar surface area (TPSA) is 96.0 Å². The van der Waals surface area contributed by atoms with Crippen molar-refractivity contribution in [1.82, 2.24) is 10.2 Å². The first kappa shape index (κ1) is 31.0. The summed E-state index contributed by atoms with van der Waals surface area (Å²) in [5, 5.41) is 3.36. The molecule has 3 aromatic carbocycles. The first-order chi connectivity index (χ1) is 19.1. The fourth-order valence-corrected chi connectivity index (χ4v) is 5.77. The monoisotopic (exact) mass is 585 g/mol. The van der Waals surface area contributed by atoms with Crippen molar-refractivity contribution in [3.63, 3.8) is 0 Å². The zero-order valence-electron chi connectivity index (χ0n) is 23.3. The molecule has 0 bridgehead atoms. The second-order valence-corrected chi connectivity index (χ2v) is 11.8. The Morgan fingerprint density at radius 3 is 2.38 bits per heavy atom. The SMILES string of the molecule is CCCCNC(=O)[C@@H](C)N(Cc1cccc(Cl)c1)C(=O)CN(c1ccccc1OC)S(=O)(=O)c1ccc(C)cc1. The zero-order chi connectivity index (χ0) is 29.3. The van der Waals surface area contributed by atoms with Gasteiger partial charge in [0.15, 0.2) is 0 Å². The lowest BCUT2D eigenvalue weighted by Crippen LogP contribution is -2.51. The number of benzene rings is 3. The first-order valence-corrected chi connectivity index (χ1v) is 14.9. The van der Waals surface area contributed by atoms with Crippen LogP contribution in [0.1, 0.15) is 37.8 Å². The highest BCUT2D eigenvalue weighted by atomic mass is 35.5. The van der Waals surface area contributed by atoms with Gasteiger partial charge in [-0.05, 0) is 62.2 Å². The number of carbonyl (C=O) groups is 2. The molecule has 3 aromatic rings. The van der Waals surface area contributed by atoms with Crippen molar-refractivity contribution in [2.45, 2.75) is 51.1 Å². The predicted octanol–water partition coefficient (Wildman–Crippen LogP) is 5.19. The van der Waals surface area contributed by atoms with Crippen LogP contribution in [0.25, 0.3) is 0 Å². The molecule has 0 saturated heterocycles. The number of aryl methyl sites for hydroxylation is 1. The van der Waals surface area contributed by atoms with E-state index in [0.717, 1.165) is 22.7 Å². The van der Waals surface area contributed by atoms with Crippen LogP contribution in [0.3, 0.4) is 0 Å². The third-order valence-electron chi connectivity index (χ3n) is 6.48. The molecule has 40 heavy (non-hydrogen) atoms. The van der Waals surface area contributed by atoms with Crippen LogP contribution in [0.4, 0.5) is 5.69 Å². The Bertz CT molecular complexity index is 1410. The molecule has 0 unspecified atom stereocenters. The lowest BCUT2D eigenvalue weighted by atomic mass is 10.1. The lowest BCUT2D eigenvalue weighted by molar-refractivity contribution is -0.139. The van der Waals surface area contributed by atoms with Crippen LogP contribution in [0, 0.1) is 6.92 Å². The first-order valence-electron chi connectivity index (χ1n) is 13.1. The Morgan fingerprint density at radius 1 is 1.02 bits per heavy atom. The minimum atomic E-state index is -4.19. The summed E-state index contributed by atoms with van der Waals surface area (Å²) in [5.74, 6) is -0.591. The number of halogens is 1. The van der Waals surface area contributed by atoms with Crippen LogP contribution in [0.5, 0.6) is 5.75 Å². The maximum Gasteiger partial charge on any atom is 0.264 e. The van der Waals surface area contributed by atoms with Crippen LogP contribution in [-0.2, 0) is 26.2 Å². The number of nitrogens with zero attached hydrogens (tertiary/aromatic N) is 2. The minimum Gasteiger partial charge on any atom is -0.495 e. The second kappa shape index (κ2) is 14.2. The van der Waals surface area contributed by atoms with Crippen LogP contribution >= 0.6 is 11.6 Å². The maximum absolute atomic E-state index is 14.0. The van der Waals surface area contributed by atoms with E-state index in [4.69, 9.17) is 16.3 Å². The van der Waals surface area contributed by atoms with Crippen LogP contribution in [0.2, 0.25) is 5.02 Å². The van der Waals surface area contributed by atoms with Gasteiger partial charge >= 0.3 is 0 Å². The Kier molecular flexibility index (Phi) is 11.0. The van der Waals surface area contributed by atoms with Crippen molar-refractivity contribution in [2.24, 2.45) is 0 Å². The molecular formula is C30H36ClN3O5S. The average Bonchev–Trinajstić information content (AvgIpc) is 2.94. The van der Waals surface area contributed by atoms with Crippen molar-refractivity contribution in [2.75, 3.05) is 24.5 Å². The lowest BCUT2D eigenvalue weighted by Gasteiger charge is -2.32. The fraction of sp³-hybridized carbons (Fsp3) is 0.333. The Morgan fingerprint density at radius 2 is 1.73 bits per heavy atom. The molecule has 1 atom stereocenters. The van der Waals surface area contributed by atoms with E-state index in [1.54, 1.807) is 67.6 Å². The van der Waals surface area contributed by atoms with Crippen LogP contribution < -0.4 is 14.4 Å². The van der Waals surface area contributed by atoms with Gasteiger partial charge in [-0.1, -0.05) is 66.9 Å². The minimum absolute atomic E-state index is 0.0311. The number of anilines is 1. The molecule has 214 valence electrons. The van der Waals surface area contributed by atoms with Gasteiger partial charge < -0.3 is 15.0 Å². The molecule has 0 radical (unpaired) electrons. The van der Waals surface area contributed by atoms with Gasteiger partial charge in [0.2, 0.25) is 11.8 Å². The molecule has 0 aromatic heterocycles. The highest BCUT2D eigenvalue weighted by Gasteiger charge is 2.33. The molecule has 10 heteroatoms. The third kappa shape index (κ3) is 7.76. The largest absolute Gasteiger partial charge is 0.495 e. The number of nitrogens with one attached hydrogen (secondary N) is 1. The van der Waals surface area contributed by atoms with Gasteiger partial charge in [-0.2, -0.15) is 0 Å². The van der Waals surface area contributed by atoms with Crippen molar-refractivity contribution >= 4 is 39.1 Å². The van der Waals surface area contributed by atoms with Gasteiger partial charge in [0.1, 0.15) is 18.3 Å². The molecule has 3 rings (SSSR count). The van der Waals surface area contributed by atoms with E-state index in [1.165, 1.54) is 24.1 Å². The number of amides is 2. The van der Waals surface area contributed by atoms with E-state index in [9.17, 15) is 18.0 Å². The van der Waals surface area contributed by atoms with Crippen molar-refractivity contribution in [3.8, 4) is 5.75 Å². The van der Waals surface area contributed by atoms with E-state index >= 15 is 0 Å². The maximum atomic E-state index is 14.0. The van der Waals surface area contributed by atoms with E-state index in [-0.39, 0.29) is 28.8 Å². The van der Waals surface area contributed by atoms with E-state index in [2.05, 4.69) is 5.32 Å². The quantitative estimate of drug-likeness (QED) is 0.279. The standard InChI is InChI=1S/C30H36ClN3O5S/c1-5-6-18-32-30(36)23(3)33(20-24-10-9-11-25(31)19-24)29(35)21-34(27-12-7-8-13-28(27)39-4)40(37,38)26-16-14-22(2)15-17-26/h7-17,19,23H,5-6,18,20-21H2,1-4H3,(H,32,36)/t23-/m1/s1. The van der Waals surface area contributed by atoms with E-state index in [0.29, 0.717) is 17.1 Å². The molecule has 0 heterocycles. The molecule has 0 fully saturated rings. The summed E-state index contributed by atoms with van der Waals surface area (Å²) in [5.41, 5.74) is 1.82. The van der Waals surface area contributed by atoms with Gasteiger partial charge in [0.25, 0.3) is 10.0 Å². The van der Waals surface area contributed by atoms with Crippen molar-refractivity contribution in [3.05, 3.63) is 88.9 Å². The molecule has 0 aliphatic rings. The zero-order valence-corrected chi connectivity index (χ0v) is 24.8. The number of sulfonamides is 1. The van der Waals surface area contributed by atoms with E-state index in [1.807, 2.05) is 13.8 Å². The van der Waals surface area contributed by atoms with Crippen LogP contribution in [-0.4, -0.2) is 51.4 Å². The second-order valence-electron chi connectivity index (χ2n) is 9.47. The Balaban J connectivity index is 2.04. The molecule has 8 nitrogen and oxygen atoms in total. The summed E-state index contributed by atoms with van der Waals surface area (Å²) >= 11 is 6.19. The molecular weight excluding hydrogens is 550 g/mol. The number of methoxy groups -OCH3 is 1. The molecule has 0 saturated carbocycles. The third-order valence-corrected chi connectivity index (χ3v) is 8.49. The summed E-state index contributed by atoms with van der Waals surface area (Å²) in [6.45, 7) is 5.50. The van der Waals surface area contributed by atoms with Crippen LogP contribution in [0.15, 0.2) is 77.7 Å². The number of para-hydroxylation sites is 2. The van der Waals surface area contributed by atoms with E-state index < -0.39 is 28.5 Å². The Labute approximate surface area is 241 Å². The fourth-order valence-electron chi connectivity index (χ4n) is 4.14. The van der Waals surface area contributed by atoms with Crippen molar-refractivity contribution < 1.29 is 22.7 Å². The molecule has 2 amide bonds. The number of rotatable bonds is 13. The average molecular weight is 586 g/mol. The summed E-state index contributed by atoms with van der Waals surface area (Å²) in [4.78, 5) is 28.4. The normalized spacial score (nSPS) is 11.9.